The minimum atomic E-state index is -1.05. The molecular formula is C17H21ClN2O5. The van der Waals surface area contributed by atoms with Crippen LogP contribution in [0.15, 0.2) is 36.9 Å². The molecule has 1 aliphatic rings. The van der Waals surface area contributed by atoms with Crippen LogP contribution in [0.5, 0.6) is 11.5 Å². The number of aliphatic hydroxyl groups excluding tert-OH is 2. The zero-order chi connectivity index (χ0) is 17.9. The highest BCUT2D eigenvalue weighted by molar-refractivity contribution is 6.32. The van der Waals surface area contributed by atoms with Gasteiger partial charge in [-0.25, -0.2) is 4.98 Å². The third kappa shape index (κ3) is 3.90. The van der Waals surface area contributed by atoms with Gasteiger partial charge in [0.05, 0.1) is 25.1 Å². The predicted octanol–water partition coefficient (Wildman–Crippen LogP) is 1.50. The van der Waals surface area contributed by atoms with Crippen molar-refractivity contribution in [1.29, 1.82) is 0 Å². The number of imidazole rings is 1. The summed E-state index contributed by atoms with van der Waals surface area (Å²) >= 11 is 6.19. The number of ether oxygens (including phenoxy) is 3. The molecule has 1 saturated heterocycles. The highest BCUT2D eigenvalue weighted by Crippen LogP contribution is 2.34. The maximum atomic E-state index is 10.4. The van der Waals surface area contributed by atoms with E-state index < -0.39 is 17.8 Å². The molecule has 2 N–H and O–H groups in total. The SMILES string of the molecule is COc1ccc(OC[C@@]2(CCn3ccnc3)OC[C@H](O)[C@H]2O)c(Cl)c1. The van der Waals surface area contributed by atoms with E-state index in [4.69, 9.17) is 25.8 Å². The zero-order valence-corrected chi connectivity index (χ0v) is 14.6. The first-order chi connectivity index (χ1) is 12.0. The molecule has 0 bridgehead atoms. The Morgan fingerprint density at radius 1 is 1.44 bits per heavy atom. The van der Waals surface area contributed by atoms with Crippen LogP contribution in [0.2, 0.25) is 5.02 Å². The summed E-state index contributed by atoms with van der Waals surface area (Å²) in [4.78, 5) is 4.00. The summed E-state index contributed by atoms with van der Waals surface area (Å²) in [6.07, 6.45) is 3.65. The van der Waals surface area contributed by atoms with Crippen molar-refractivity contribution in [2.45, 2.75) is 30.8 Å². The van der Waals surface area contributed by atoms with E-state index in [2.05, 4.69) is 4.98 Å². The molecule has 1 aliphatic heterocycles. The maximum absolute atomic E-state index is 10.4. The van der Waals surface area contributed by atoms with E-state index in [1.165, 1.54) is 0 Å². The van der Waals surface area contributed by atoms with E-state index in [0.717, 1.165) is 0 Å². The summed E-state index contributed by atoms with van der Waals surface area (Å²) in [5.41, 5.74) is -1.02. The lowest BCUT2D eigenvalue weighted by molar-refractivity contribution is -0.0957. The van der Waals surface area contributed by atoms with Crippen molar-refractivity contribution in [3.63, 3.8) is 0 Å². The molecule has 0 amide bonds. The highest BCUT2D eigenvalue weighted by Gasteiger charge is 2.49. The summed E-state index contributed by atoms with van der Waals surface area (Å²) in [5, 5.41) is 20.8. The predicted molar refractivity (Wildman–Crippen MR) is 91.0 cm³/mol. The number of hydrogen-bond donors (Lipinski definition) is 2. The fourth-order valence-electron chi connectivity index (χ4n) is 2.86. The van der Waals surface area contributed by atoms with E-state index >= 15 is 0 Å². The van der Waals surface area contributed by atoms with Crippen molar-refractivity contribution in [2.24, 2.45) is 0 Å². The molecule has 2 aromatic rings. The van der Waals surface area contributed by atoms with Crippen LogP contribution in [0, 0.1) is 0 Å². The molecule has 0 aliphatic carbocycles. The van der Waals surface area contributed by atoms with Gasteiger partial charge in [-0.1, -0.05) is 11.6 Å². The second-order valence-electron chi connectivity index (χ2n) is 6.02. The average Bonchev–Trinajstić information content (AvgIpc) is 3.23. The summed E-state index contributed by atoms with van der Waals surface area (Å²) < 4.78 is 18.5. The minimum absolute atomic E-state index is 0.0603. The number of halogens is 1. The molecule has 0 spiro atoms. The maximum Gasteiger partial charge on any atom is 0.138 e. The molecule has 8 heteroatoms. The molecule has 0 unspecified atom stereocenters. The van der Waals surface area contributed by atoms with Gasteiger partial charge in [-0.05, 0) is 12.1 Å². The van der Waals surface area contributed by atoms with Gasteiger partial charge >= 0.3 is 0 Å². The Morgan fingerprint density at radius 2 is 2.28 bits per heavy atom. The van der Waals surface area contributed by atoms with E-state index in [1.54, 1.807) is 37.8 Å². The van der Waals surface area contributed by atoms with Gasteiger partial charge in [0, 0.05) is 31.4 Å². The van der Waals surface area contributed by atoms with Crippen LogP contribution in [0.1, 0.15) is 6.42 Å². The van der Waals surface area contributed by atoms with Crippen LogP contribution in [0.3, 0.4) is 0 Å². The van der Waals surface area contributed by atoms with Crippen molar-refractivity contribution in [2.75, 3.05) is 20.3 Å². The summed E-state index contributed by atoms with van der Waals surface area (Å²) in [5.74, 6) is 1.08. The van der Waals surface area contributed by atoms with Crippen molar-refractivity contribution in [1.82, 2.24) is 9.55 Å². The highest BCUT2D eigenvalue weighted by atomic mass is 35.5. The van der Waals surface area contributed by atoms with Gasteiger partial charge < -0.3 is 29.0 Å². The largest absolute Gasteiger partial charge is 0.497 e. The van der Waals surface area contributed by atoms with E-state index in [0.29, 0.717) is 29.5 Å². The second-order valence-corrected chi connectivity index (χ2v) is 6.43. The number of rotatable bonds is 7. The Hall–Kier alpha value is -1.80. The van der Waals surface area contributed by atoms with Gasteiger partial charge in [0.25, 0.3) is 0 Å². The molecule has 1 aromatic heterocycles. The molecule has 1 fully saturated rings. The normalized spacial score (nSPS) is 25.9. The van der Waals surface area contributed by atoms with Crippen LogP contribution in [-0.2, 0) is 11.3 Å². The van der Waals surface area contributed by atoms with Gasteiger partial charge in [-0.2, -0.15) is 0 Å². The molecule has 0 saturated carbocycles. The van der Waals surface area contributed by atoms with Crippen LogP contribution >= 0.6 is 11.6 Å². The lowest BCUT2D eigenvalue weighted by atomic mass is 9.92. The zero-order valence-electron chi connectivity index (χ0n) is 13.8. The molecule has 3 atom stereocenters. The molecule has 7 nitrogen and oxygen atoms in total. The second kappa shape index (κ2) is 7.61. The standard InChI is InChI=1S/C17H21ClN2O5/c1-23-12-2-3-15(13(18)8-12)24-10-17(16(22)14(21)9-25-17)4-6-20-7-5-19-11-20/h2-3,5,7-8,11,14,16,21-22H,4,6,9-10H2,1H3/t14-,16+,17+/m0/s1. The Bertz CT molecular complexity index is 696. The number of nitrogens with zero attached hydrogens (tertiary/aromatic N) is 2. The lowest BCUT2D eigenvalue weighted by Crippen LogP contribution is -2.48. The van der Waals surface area contributed by atoms with Crippen molar-refractivity contribution >= 4 is 11.6 Å². The first kappa shape index (κ1) is 18.0. The number of methoxy groups -OCH3 is 1. The van der Waals surface area contributed by atoms with Gasteiger partial charge in [0.1, 0.15) is 35.9 Å². The van der Waals surface area contributed by atoms with Crippen LogP contribution in [0.25, 0.3) is 0 Å². The van der Waals surface area contributed by atoms with Crippen molar-refractivity contribution < 1.29 is 24.4 Å². The third-order valence-electron chi connectivity index (χ3n) is 4.41. The van der Waals surface area contributed by atoms with Crippen molar-refractivity contribution in [3.05, 3.63) is 41.9 Å². The molecule has 0 radical (unpaired) electrons. The van der Waals surface area contributed by atoms with E-state index in [1.807, 2.05) is 10.8 Å². The summed E-state index contributed by atoms with van der Waals surface area (Å²) in [6, 6.07) is 5.08. The van der Waals surface area contributed by atoms with Gasteiger partial charge in [0.2, 0.25) is 0 Å². The topological polar surface area (TPSA) is 86.0 Å². The Kier molecular flexibility index (Phi) is 5.48. The number of benzene rings is 1. The summed E-state index contributed by atoms with van der Waals surface area (Å²) in [7, 11) is 1.56. The van der Waals surface area contributed by atoms with Crippen LogP contribution in [0.4, 0.5) is 0 Å². The molecule has 136 valence electrons. The Balaban J connectivity index is 1.72. The summed E-state index contributed by atoms with van der Waals surface area (Å²) in [6.45, 7) is 0.695. The quantitative estimate of drug-likeness (QED) is 0.770. The fraction of sp³-hybridized carbons (Fsp3) is 0.471. The number of aromatic nitrogens is 2. The third-order valence-corrected chi connectivity index (χ3v) is 4.70. The monoisotopic (exact) mass is 368 g/mol. The van der Waals surface area contributed by atoms with E-state index in [-0.39, 0.29) is 13.2 Å². The molecule has 1 aromatic carbocycles. The average molecular weight is 369 g/mol. The molecule has 3 rings (SSSR count). The van der Waals surface area contributed by atoms with Gasteiger partial charge in [-0.15, -0.1) is 0 Å². The Labute approximate surface area is 150 Å². The first-order valence-electron chi connectivity index (χ1n) is 7.96. The van der Waals surface area contributed by atoms with Crippen LogP contribution < -0.4 is 9.47 Å². The smallest absolute Gasteiger partial charge is 0.138 e. The lowest BCUT2D eigenvalue weighted by Gasteiger charge is -2.32. The molecular weight excluding hydrogens is 348 g/mol. The molecule has 25 heavy (non-hydrogen) atoms. The number of aryl methyl sites for hydroxylation is 1. The number of hydrogen-bond acceptors (Lipinski definition) is 6. The first-order valence-corrected chi connectivity index (χ1v) is 8.34. The fourth-order valence-corrected chi connectivity index (χ4v) is 3.09. The molecule has 2 heterocycles. The van der Waals surface area contributed by atoms with Gasteiger partial charge in [0.15, 0.2) is 0 Å². The van der Waals surface area contributed by atoms with E-state index in [9.17, 15) is 10.2 Å². The van der Waals surface area contributed by atoms with Crippen molar-refractivity contribution in [3.8, 4) is 11.5 Å². The minimum Gasteiger partial charge on any atom is -0.497 e. The number of aliphatic hydroxyl groups is 2. The Morgan fingerprint density at radius 3 is 2.88 bits per heavy atom. The van der Waals surface area contributed by atoms with Crippen LogP contribution in [-0.4, -0.2) is 57.9 Å². The van der Waals surface area contributed by atoms with Gasteiger partial charge in [-0.3, -0.25) is 0 Å².